The maximum Gasteiger partial charge on any atom is 0.365 e. The van der Waals surface area contributed by atoms with Crippen molar-refractivity contribution in [1.29, 1.82) is 0 Å². The Morgan fingerprint density at radius 2 is 1.49 bits per heavy atom. The standard InChI is InChI=1S/C25H13Cl2NO9/c26-15-9-12(23(33)37-28-18(31)5-6-19(28)32)22(27)20-21(15)25(36-24(20)34)13-3-1-10(29)7-16(13)35-17-8-11(30)2-4-14(17)25/h1-4,7-9,29-30H,5-6H2. The number of nitrogens with zero attached hydrogens (tertiary/aromatic N) is 1. The molecule has 3 heterocycles. The Kier molecular flexibility index (Phi) is 4.91. The Bertz CT molecular complexity index is 1530. The minimum atomic E-state index is -1.71. The third-order valence-electron chi connectivity index (χ3n) is 6.33. The van der Waals surface area contributed by atoms with Crippen molar-refractivity contribution < 1.29 is 43.7 Å². The average molecular weight is 542 g/mol. The second-order valence-corrected chi connectivity index (χ2v) is 9.25. The number of fused-ring (bicyclic) bond motifs is 6. The van der Waals surface area contributed by atoms with Gasteiger partial charge in [-0.1, -0.05) is 23.2 Å². The molecule has 3 aliphatic heterocycles. The smallest absolute Gasteiger partial charge is 0.365 e. The number of esters is 1. The van der Waals surface area contributed by atoms with Gasteiger partial charge in [-0.25, -0.2) is 9.59 Å². The second-order valence-electron chi connectivity index (χ2n) is 8.46. The Labute approximate surface area is 217 Å². The fourth-order valence-electron chi connectivity index (χ4n) is 4.76. The highest BCUT2D eigenvalue weighted by molar-refractivity contribution is 6.39. The number of imide groups is 1. The number of hydrogen-bond acceptors (Lipinski definition) is 9. The molecule has 186 valence electrons. The lowest BCUT2D eigenvalue weighted by molar-refractivity contribution is -0.172. The molecule has 37 heavy (non-hydrogen) atoms. The molecule has 1 saturated heterocycles. The summed E-state index contributed by atoms with van der Waals surface area (Å²) in [6, 6.07) is 9.47. The van der Waals surface area contributed by atoms with E-state index in [0.29, 0.717) is 16.2 Å². The molecule has 3 aromatic rings. The fraction of sp³-hybridized carbons (Fsp3) is 0.120. The number of ether oxygens (including phenoxy) is 2. The Balaban J connectivity index is 1.56. The first-order chi connectivity index (χ1) is 17.6. The molecule has 12 heteroatoms. The molecule has 0 aliphatic carbocycles. The first-order valence-corrected chi connectivity index (χ1v) is 11.6. The summed E-state index contributed by atoms with van der Waals surface area (Å²) >= 11 is 13.2. The van der Waals surface area contributed by atoms with Crippen LogP contribution in [0.1, 0.15) is 50.2 Å². The van der Waals surface area contributed by atoms with Gasteiger partial charge in [0.2, 0.25) is 0 Å². The van der Waals surface area contributed by atoms with Crippen LogP contribution in [-0.2, 0) is 24.8 Å². The van der Waals surface area contributed by atoms with Gasteiger partial charge in [0.05, 0.1) is 21.2 Å². The molecule has 10 nitrogen and oxygen atoms in total. The lowest BCUT2D eigenvalue weighted by atomic mass is 9.77. The van der Waals surface area contributed by atoms with Gasteiger partial charge in [0.1, 0.15) is 23.0 Å². The molecule has 2 amide bonds. The monoisotopic (exact) mass is 541 g/mol. The van der Waals surface area contributed by atoms with Gasteiger partial charge in [-0.2, -0.15) is 0 Å². The van der Waals surface area contributed by atoms with E-state index in [1.807, 2.05) is 0 Å². The molecule has 0 radical (unpaired) electrons. The number of amides is 2. The molecular formula is C25H13Cl2NO9. The molecule has 0 bridgehead atoms. The number of benzene rings is 3. The van der Waals surface area contributed by atoms with E-state index in [-0.39, 0.29) is 62.6 Å². The average Bonchev–Trinajstić information content (AvgIpc) is 3.33. The van der Waals surface area contributed by atoms with Gasteiger partial charge in [0.25, 0.3) is 11.8 Å². The summed E-state index contributed by atoms with van der Waals surface area (Å²) in [5, 5.41) is 19.9. The maximum atomic E-state index is 13.3. The third kappa shape index (κ3) is 3.19. The van der Waals surface area contributed by atoms with Crippen molar-refractivity contribution in [2.75, 3.05) is 0 Å². The van der Waals surface area contributed by atoms with Crippen LogP contribution in [0.2, 0.25) is 10.0 Å². The van der Waals surface area contributed by atoms with Crippen LogP contribution in [0.15, 0.2) is 42.5 Å². The van der Waals surface area contributed by atoms with Crippen LogP contribution in [0.25, 0.3) is 0 Å². The predicted molar refractivity (Wildman–Crippen MR) is 125 cm³/mol. The Morgan fingerprint density at radius 1 is 0.919 bits per heavy atom. The summed E-state index contributed by atoms with van der Waals surface area (Å²) in [4.78, 5) is 54.9. The molecule has 0 saturated carbocycles. The molecule has 0 atom stereocenters. The lowest BCUT2D eigenvalue weighted by Gasteiger charge is -2.36. The summed E-state index contributed by atoms with van der Waals surface area (Å²) in [5.41, 5.74) is -1.61. The van der Waals surface area contributed by atoms with Crippen LogP contribution in [0.4, 0.5) is 0 Å². The largest absolute Gasteiger partial charge is 0.508 e. The Morgan fingerprint density at radius 3 is 2.05 bits per heavy atom. The molecule has 3 aliphatic rings. The number of hydroxylamine groups is 2. The zero-order valence-electron chi connectivity index (χ0n) is 18.4. The van der Waals surface area contributed by atoms with Gasteiger partial charge < -0.3 is 24.5 Å². The van der Waals surface area contributed by atoms with Gasteiger partial charge in [-0.05, 0) is 30.3 Å². The highest BCUT2D eigenvalue weighted by Crippen LogP contribution is 2.59. The molecule has 0 unspecified atom stereocenters. The van der Waals surface area contributed by atoms with Crippen LogP contribution in [-0.4, -0.2) is 39.0 Å². The zero-order chi connectivity index (χ0) is 26.2. The van der Waals surface area contributed by atoms with Crippen molar-refractivity contribution in [3.63, 3.8) is 0 Å². The van der Waals surface area contributed by atoms with E-state index in [9.17, 15) is 29.4 Å². The normalized spacial score (nSPS) is 16.7. The molecule has 0 aromatic heterocycles. The summed E-state index contributed by atoms with van der Waals surface area (Å²) in [6.07, 6.45) is -0.211. The first-order valence-electron chi connectivity index (χ1n) is 10.8. The van der Waals surface area contributed by atoms with E-state index in [1.165, 1.54) is 36.4 Å². The molecule has 6 rings (SSSR count). The summed E-state index contributed by atoms with van der Waals surface area (Å²) in [6.45, 7) is 0. The topological polar surface area (TPSA) is 140 Å². The molecule has 3 aromatic carbocycles. The minimum absolute atomic E-state index is 0.0937. The minimum Gasteiger partial charge on any atom is -0.508 e. The third-order valence-corrected chi connectivity index (χ3v) is 7.02. The summed E-state index contributed by atoms with van der Waals surface area (Å²) in [5.74, 6) is -3.49. The summed E-state index contributed by atoms with van der Waals surface area (Å²) in [7, 11) is 0. The number of phenols is 2. The lowest BCUT2D eigenvalue weighted by Crippen LogP contribution is -2.33. The van der Waals surface area contributed by atoms with Gasteiger partial charge >= 0.3 is 11.9 Å². The predicted octanol–water partition coefficient (Wildman–Crippen LogP) is 4.19. The number of rotatable bonds is 2. The van der Waals surface area contributed by atoms with E-state index in [4.69, 9.17) is 37.5 Å². The van der Waals surface area contributed by atoms with Crippen molar-refractivity contribution in [1.82, 2.24) is 5.06 Å². The second kappa shape index (κ2) is 7.86. The summed E-state index contributed by atoms with van der Waals surface area (Å²) < 4.78 is 11.8. The van der Waals surface area contributed by atoms with Gasteiger partial charge in [0.15, 0.2) is 5.60 Å². The van der Waals surface area contributed by atoms with Crippen LogP contribution >= 0.6 is 23.2 Å². The van der Waals surface area contributed by atoms with Gasteiger partial charge in [0, 0.05) is 41.7 Å². The van der Waals surface area contributed by atoms with Crippen molar-refractivity contribution in [3.05, 3.63) is 80.3 Å². The van der Waals surface area contributed by atoms with E-state index in [2.05, 4.69) is 0 Å². The maximum absolute atomic E-state index is 13.3. The van der Waals surface area contributed by atoms with Crippen molar-refractivity contribution >= 4 is 47.0 Å². The number of carbonyl (C=O) groups excluding carboxylic acids is 4. The van der Waals surface area contributed by atoms with E-state index in [0.717, 1.165) is 6.07 Å². The van der Waals surface area contributed by atoms with E-state index >= 15 is 0 Å². The highest BCUT2D eigenvalue weighted by atomic mass is 35.5. The number of aromatic hydroxyl groups is 2. The van der Waals surface area contributed by atoms with Crippen LogP contribution < -0.4 is 4.74 Å². The number of halogens is 2. The molecule has 2 N–H and O–H groups in total. The molecule has 1 fully saturated rings. The van der Waals surface area contributed by atoms with Crippen LogP contribution in [0, 0.1) is 0 Å². The molecular weight excluding hydrogens is 529 g/mol. The van der Waals surface area contributed by atoms with Crippen molar-refractivity contribution in [2.24, 2.45) is 0 Å². The Hall–Kier alpha value is -4.28. The number of carbonyl (C=O) groups is 4. The van der Waals surface area contributed by atoms with E-state index in [1.54, 1.807) is 0 Å². The van der Waals surface area contributed by atoms with Crippen LogP contribution in [0.3, 0.4) is 0 Å². The highest BCUT2D eigenvalue weighted by Gasteiger charge is 2.56. The van der Waals surface area contributed by atoms with Crippen molar-refractivity contribution in [2.45, 2.75) is 18.4 Å². The quantitative estimate of drug-likeness (QED) is 0.360. The fourth-order valence-corrected chi connectivity index (χ4v) is 5.40. The van der Waals surface area contributed by atoms with Crippen LogP contribution in [0.5, 0.6) is 23.0 Å². The van der Waals surface area contributed by atoms with Gasteiger partial charge in [-0.15, -0.1) is 5.06 Å². The number of hydrogen-bond donors (Lipinski definition) is 2. The van der Waals surface area contributed by atoms with Gasteiger partial charge in [-0.3, -0.25) is 9.59 Å². The number of phenolic OH excluding ortho intramolecular Hbond substituents is 2. The SMILES string of the molecule is O=C(ON1C(=O)CCC1=O)c1cc(Cl)c2c(c1Cl)C(=O)OC21c2ccc(O)cc2Oc2cc(O)ccc21. The molecule has 1 spiro atoms. The zero-order valence-corrected chi connectivity index (χ0v) is 19.9. The van der Waals surface area contributed by atoms with Crippen molar-refractivity contribution in [3.8, 4) is 23.0 Å². The van der Waals surface area contributed by atoms with E-state index < -0.39 is 29.4 Å². The first kappa shape index (κ1) is 23.1.